The van der Waals surface area contributed by atoms with Gasteiger partial charge in [-0.15, -0.1) is 0 Å². The van der Waals surface area contributed by atoms with Crippen molar-refractivity contribution in [3.63, 3.8) is 0 Å². The second-order valence-electron chi connectivity index (χ2n) is 11.2. The minimum Gasteiger partial charge on any atom is -0.459 e. The van der Waals surface area contributed by atoms with Crippen molar-refractivity contribution in [2.45, 2.75) is 50.3 Å². The molecule has 13 heteroatoms. The molecule has 260 valence electrons. The number of carbonyl (C=O) groups is 4. The Morgan fingerprint density at radius 1 is 0.500 bits per heavy atom. The molecule has 0 radical (unpaired) electrons. The van der Waals surface area contributed by atoms with Gasteiger partial charge in [-0.05, 0) is 103 Å². The molecule has 1 aliphatic heterocycles. The summed E-state index contributed by atoms with van der Waals surface area (Å²) >= 11 is 13.5. The maximum absolute atomic E-state index is 13.7. The number of hydrogen-bond acceptors (Lipinski definition) is 9. The molecule has 0 aliphatic carbocycles. The topological polar surface area (TPSA) is 114 Å². The standard InChI is InChI=1S/C37H30Br4O9/c1-2-3-29-31(48-35(43)22-6-14-26(39)15-7-22)33(50-37(45)24-10-18-28(41)19-11-24)32(49-36(44)23-8-16-27(40)17-9-23)30(47-29)20-46-34(42)21-4-12-25(38)13-5-21/h4-19,29-33H,2-3,20H2,1H3/t29-,30-,31+,32-,33-/m1/s1. The first-order valence-corrected chi connectivity index (χ1v) is 18.7. The Labute approximate surface area is 322 Å². The van der Waals surface area contributed by atoms with Gasteiger partial charge in [0.2, 0.25) is 0 Å². The first-order valence-electron chi connectivity index (χ1n) is 15.5. The first kappa shape index (κ1) is 37.9. The predicted molar refractivity (Wildman–Crippen MR) is 198 cm³/mol. The molecular formula is C37H30Br4O9. The Kier molecular flexibility index (Phi) is 13.4. The SMILES string of the molecule is CCC[C@H]1O[C@H](COC(=O)c2ccc(Br)cc2)[C@@H](OC(=O)c2ccc(Br)cc2)[C@H](OC(=O)c2ccc(Br)cc2)[C@H]1OC(=O)c1ccc(Br)cc1. The second-order valence-corrected chi connectivity index (χ2v) is 14.9. The Balaban J connectivity index is 1.53. The number of rotatable bonds is 11. The monoisotopic (exact) mass is 934 g/mol. The Hall–Kier alpha value is -3.36. The van der Waals surface area contributed by atoms with E-state index in [0.29, 0.717) is 12.8 Å². The van der Waals surface area contributed by atoms with Crippen LogP contribution in [0, 0.1) is 0 Å². The van der Waals surface area contributed by atoms with E-state index in [-0.39, 0.29) is 28.9 Å². The molecule has 0 unspecified atom stereocenters. The molecule has 1 fully saturated rings. The van der Waals surface area contributed by atoms with E-state index in [1.807, 2.05) is 6.92 Å². The summed E-state index contributed by atoms with van der Waals surface area (Å²) in [4.78, 5) is 54.0. The second kappa shape index (κ2) is 17.7. The van der Waals surface area contributed by atoms with Crippen LogP contribution >= 0.6 is 63.7 Å². The first-order chi connectivity index (χ1) is 24.0. The lowest BCUT2D eigenvalue weighted by Gasteiger charge is -2.44. The van der Waals surface area contributed by atoms with Crippen LogP contribution in [0.1, 0.15) is 61.2 Å². The van der Waals surface area contributed by atoms with Crippen molar-refractivity contribution in [1.29, 1.82) is 0 Å². The summed E-state index contributed by atoms with van der Waals surface area (Å²) in [6.45, 7) is 1.55. The van der Waals surface area contributed by atoms with Crippen LogP contribution < -0.4 is 0 Å². The molecule has 0 N–H and O–H groups in total. The number of benzene rings is 4. The largest absolute Gasteiger partial charge is 0.459 e. The van der Waals surface area contributed by atoms with E-state index in [4.69, 9.17) is 23.7 Å². The highest BCUT2D eigenvalue weighted by Crippen LogP contribution is 2.33. The van der Waals surface area contributed by atoms with Gasteiger partial charge in [-0.3, -0.25) is 0 Å². The fourth-order valence-corrected chi connectivity index (χ4v) is 6.28. The molecule has 4 aromatic rings. The third-order valence-electron chi connectivity index (χ3n) is 7.73. The minimum atomic E-state index is -1.38. The van der Waals surface area contributed by atoms with Crippen LogP contribution in [0.4, 0.5) is 0 Å². The summed E-state index contributed by atoms with van der Waals surface area (Å²) in [5.74, 6) is -2.85. The maximum Gasteiger partial charge on any atom is 0.338 e. The third kappa shape index (κ3) is 9.91. The molecule has 0 bridgehead atoms. The van der Waals surface area contributed by atoms with Gasteiger partial charge in [-0.2, -0.15) is 0 Å². The fourth-order valence-electron chi connectivity index (χ4n) is 5.22. The van der Waals surface area contributed by atoms with Crippen molar-refractivity contribution in [2.24, 2.45) is 0 Å². The summed E-state index contributed by atoms with van der Waals surface area (Å²) in [6, 6.07) is 26.1. The van der Waals surface area contributed by atoms with Crippen LogP contribution in [0.3, 0.4) is 0 Å². The number of halogens is 4. The Morgan fingerprint density at radius 2 is 0.820 bits per heavy atom. The third-order valence-corrected chi connectivity index (χ3v) is 9.85. The molecule has 0 spiro atoms. The van der Waals surface area contributed by atoms with E-state index in [0.717, 1.165) is 17.9 Å². The quantitative estimate of drug-likeness (QED) is 0.107. The van der Waals surface area contributed by atoms with Crippen LogP contribution in [0.2, 0.25) is 0 Å². The predicted octanol–water partition coefficient (Wildman–Crippen LogP) is 9.14. The maximum atomic E-state index is 13.7. The number of hydrogen-bond donors (Lipinski definition) is 0. The molecule has 1 aliphatic rings. The van der Waals surface area contributed by atoms with E-state index < -0.39 is 54.4 Å². The van der Waals surface area contributed by atoms with Crippen molar-refractivity contribution in [3.05, 3.63) is 137 Å². The van der Waals surface area contributed by atoms with Gasteiger partial charge in [0.1, 0.15) is 12.7 Å². The molecule has 0 aromatic heterocycles. The van der Waals surface area contributed by atoms with E-state index >= 15 is 0 Å². The lowest BCUT2D eigenvalue weighted by Crippen LogP contribution is -2.62. The lowest BCUT2D eigenvalue weighted by molar-refractivity contribution is -0.230. The summed E-state index contributed by atoms with van der Waals surface area (Å²) in [5, 5.41) is 0. The van der Waals surface area contributed by atoms with Crippen molar-refractivity contribution in [3.8, 4) is 0 Å². The number of ether oxygens (including phenoxy) is 5. The van der Waals surface area contributed by atoms with Gasteiger partial charge < -0.3 is 23.7 Å². The molecule has 0 amide bonds. The number of carbonyl (C=O) groups excluding carboxylic acids is 4. The van der Waals surface area contributed by atoms with Crippen LogP contribution in [0.15, 0.2) is 115 Å². The summed E-state index contributed by atoms with van der Waals surface area (Å²) in [5.41, 5.74) is 0.948. The van der Waals surface area contributed by atoms with Crippen molar-refractivity contribution >= 4 is 87.6 Å². The zero-order valence-corrected chi connectivity index (χ0v) is 32.8. The highest BCUT2D eigenvalue weighted by atomic mass is 79.9. The highest BCUT2D eigenvalue weighted by molar-refractivity contribution is 9.11. The van der Waals surface area contributed by atoms with Gasteiger partial charge in [0.25, 0.3) is 0 Å². The minimum absolute atomic E-state index is 0.205. The molecule has 9 nitrogen and oxygen atoms in total. The smallest absolute Gasteiger partial charge is 0.338 e. The Bertz CT molecular complexity index is 1800. The van der Waals surface area contributed by atoms with E-state index in [9.17, 15) is 19.2 Å². The van der Waals surface area contributed by atoms with E-state index in [2.05, 4.69) is 63.7 Å². The molecule has 50 heavy (non-hydrogen) atoms. The molecule has 4 aromatic carbocycles. The van der Waals surface area contributed by atoms with Gasteiger partial charge in [0.05, 0.1) is 28.4 Å². The van der Waals surface area contributed by atoms with Gasteiger partial charge in [0, 0.05) is 17.9 Å². The Morgan fingerprint density at radius 3 is 1.18 bits per heavy atom. The normalized spacial score (nSPS) is 20.0. The lowest BCUT2D eigenvalue weighted by atomic mass is 9.91. The number of esters is 4. The summed E-state index contributed by atoms with van der Waals surface area (Å²) < 4.78 is 33.4. The zero-order valence-electron chi connectivity index (χ0n) is 26.4. The van der Waals surface area contributed by atoms with Crippen molar-refractivity contribution in [1.82, 2.24) is 0 Å². The van der Waals surface area contributed by atoms with Crippen molar-refractivity contribution < 1.29 is 42.9 Å². The zero-order chi connectivity index (χ0) is 35.8. The van der Waals surface area contributed by atoms with Gasteiger partial charge in [-0.25, -0.2) is 19.2 Å². The summed E-state index contributed by atoms with van der Waals surface area (Å²) in [6.07, 6.45) is -4.94. The van der Waals surface area contributed by atoms with Crippen molar-refractivity contribution in [2.75, 3.05) is 6.61 Å². The van der Waals surface area contributed by atoms with E-state index in [1.165, 1.54) is 0 Å². The van der Waals surface area contributed by atoms with Gasteiger partial charge >= 0.3 is 23.9 Å². The van der Waals surface area contributed by atoms with Crippen LogP contribution in [-0.2, 0) is 23.7 Å². The van der Waals surface area contributed by atoms with E-state index in [1.54, 1.807) is 97.1 Å². The average molecular weight is 938 g/mol. The molecular weight excluding hydrogens is 908 g/mol. The average Bonchev–Trinajstić information content (AvgIpc) is 3.10. The molecule has 5 rings (SSSR count). The molecule has 1 heterocycles. The summed E-state index contributed by atoms with van der Waals surface area (Å²) in [7, 11) is 0. The molecule has 1 saturated heterocycles. The molecule has 5 atom stereocenters. The molecule has 0 saturated carbocycles. The van der Waals surface area contributed by atoms with Gasteiger partial charge in [-0.1, -0.05) is 77.1 Å². The highest BCUT2D eigenvalue weighted by Gasteiger charge is 2.52. The van der Waals surface area contributed by atoms with Crippen LogP contribution in [0.25, 0.3) is 0 Å². The van der Waals surface area contributed by atoms with Crippen LogP contribution in [0.5, 0.6) is 0 Å². The fraction of sp³-hybridized carbons (Fsp3) is 0.243. The van der Waals surface area contributed by atoms with Gasteiger partial charge in [0.15, 0.2) is 18.3 Å². The van der Waals surface area contributed by atoms with Crippen LogP contribution in [-0.4, -0.2) is 61.0 Å².